The van der Waals surface area contributed by atoms with Crippen LogP contribution in [0.4, 0.5) is 0 Å². The van der Waals surface area contributed by atoms with Gasteiger partial charge in [0.25, 0.3) is 0 Å². The van der Waals surface area contributed by atoms with Crippen molar-refractivity contribution in [2.24, 2.45) is 0 Å². The van der Waals surface area contributed by atoms with Crippen LogP contribution in [0.5, 0.6) is 0 Å². The first-order valence-electron chi connectivity index (χ1n) is 4.57. The highest BCUT2D eigenvalue weighted by Crippen LogP contribution is 2.18. The summed E-state index contributed by atoms with van der Waals surface area (Å²) in [6.45, 7) is 2.09. The maximum Gasteiger partial charge on any atom is 0.0357 e. The van der Waals surface area contributed by atoms with E-state index >= 15 is 0 Å². The number of fused-ring (bicyclic) bond motifs is 1. The van der Waals surface area contributed by atoms with E-state index in [2.05, 4.69) is 25.1 Å². The maximum absolute atomic E-state index is 7.71. The molecule has 13 heavy (non-hydrogen) atoms. The molecule has 0 spiro atoms. The summed E-state index contributed by atoms with van der Waals surface area (Å²) in [5.41, 5.74) is 4.69. The van der Waals surface area contributed by atoms with E-state index in [4.69, 9.17) is 5.41 Å². The first-order valence-corrected chi connectivity index (χ1v) is 4.57. The minimum atomic E-state index is 0.724. The zero-order chi connectivity index (χ0) is 9.26. The molecular formula is C12H13N. The second-order valence-corrected chi connectivity index (χ2v) is 3.64. The summed E-state index contributed by atoms with van der Waals surface area (Å²) in [5.74, 6) is 0. The lowest BCUT2D eigenvalue weighted by molar-refractivity contribution is 1.12. The quantitative estimate of drug-likeness (QED) is 0.620. The fourth-order valence-electron chi connectivity index (χ4n) is 1.81. The zero-order valence-electron chi connectivity index (χ0n) is 7.80. The summed E-state index contributed by atoms with van der Waals surface area (Å²) in [6.07, 6.45) is 3.77. The molecule has 0 bridgehead atoms. The largest absolute Gasteiger partial charge is 0.305 e. The van der Waals surface area contributed by atoms with Gasteiger partial charge < -0.3 is 5.41 Å². The highest BCUT2D eigenvalue weighted by molar-refractivity contribution is 5.95. The van der Waals surface area contributed by atoms with E-state index in [0.29, 0.717) is 0 Å². The molecule has 0 radical (unpaired) electrons. The Hall–Kier alpha value is -1.37. The molecule has 1 N–H and O–H groups in total. The van der Waals surface area contributed by atoms with Crippen molar-refractivity contribution in [3.8, 4) is 0 Å². The molecule has 0 amide bonds. The molecule has 0 heterocycles. The summed E-state index contributed by atoms with van der Waals surface area (Å²) in [5, 5.41) is 7.71. The SMILES string of the molecule is CC1=CC(=N)Cc2ccccc2C1. The molecule has 1 aliphatic carbocycles. The third kappa shape index (κ3) is 1.69. The maximum atomic E-state index is 7.71. The van der Waals surface area contributed by atoms with Gasteiger partial charge in [-0.1, -0.05) is 29.8 Å². The van der Waals surface area contributed by atoms with Crippen LogP contribution < -0.4 is 0 Å². The molecule has 0 fully saturated rings. The predicted octanol–water partition coefficient (Wildman–Crippen LogP) is 2.75. The minimum absolute atomic E-state index is 0.724. The van der Waals surface area contributed by atoms with E-state index in [1.807, 2.05) is 12.1 Å². The monoisotopic (exact) mass is 171 g/mol. The molecule has 1 aromatic rings. The van der Waals surface area contributed by atoms with Crippen molar-refractivity contribution < 1.29 is 0 Å². The number of rotatable bonds is 0. The van der Waals surface area contributed by atoms with Crippen molar-refractivity contribution >= 4 is 5.71 Å². The van der Waals surface area contributed by atoms with E-state index in [1.165, 1.54) is 16.7 Å². The van der Waals surface area contributed by atoms with Crippen LogP contribution in [0, 0.1) is 5.41 Å². The van der Waals surface area contributed by atoms with E-state index < -0.39 is 0 Å². The fraction of sp³-hybridized carbons (Fsp3) is 0.250. The molecule has 0 atom stereocenters. The highest BCUT2D eigenvalue weighted by Gasteiger charge is 2.08. The lowest BCUT2D eigenvalue weighted by atomic mass is 10.0. The van der Waals surface area contributed by atoms with Gasteiger partial charge in [-0.2, -0.15) is 0 Å². The van der Waals surface area contributed by atoms with Crippen molar-refractivity contribution in [3.05, 3.63) is 47.0 Å². The van der Waals surface area contributed by atoms with Crippen molar-refractivity contribution in [2.75, 3.05) is 0 Å². The first-order chi connectivity index (χ1) is 6.25. The van der Waals surface area contributed by atoms with Crippen LogP contribution in [0.25, 0.3) is 0 Å². The molecule has 0 aliphatic heterocycles. The van der Waals surface area contributed by atoms with Crippen LogP contribution in [-0.2, 0) is 12.8 Å². The summed E-state index contributed by atoms with van der Waals surface area (Å²) in [4.78, 5) is 0. The van der Waals surface area contributed by atoms with Gasteiger partial charge in [0.05, 0.1) is 0 Å². The lowest BCUT2D eigenvalue weighted by Crippen LogP contribution is -1.97. The molecule has 1 aliphatic rings. The van der Waals surface area contributed by atoms with E-state index in [0.717, 1.165) is 18.6 Å². The molecular weight excluding hydrogens is 158 g/mol. The van der Waals surface area contributed by atoms with Crippen molar-refractivity contribution in [2.45, 2.75) is 19.8 Å². The average molecular weight is 171 g/mol. The average Bonchev–Trinajstić information content (AvgIpc) is 2.20. The second kappa shape index (κ2) is 3.17. The fourth-order valence-corrected chi connectivity index (χ4v) is 1.81. The van der Waals surface area contributed by atoms with Gasteiger partial charge in [0, 0.05) is 12.1 Å². The molecule has 0 unspecified atom stereocenters. The third-order valence-electron chi connectivity index (χ3n) is 2.39. The van der Waals surface area contributed by atoms with Gasteiger partial charge in [-0.05, 0) is 30.5 Å². The normalized spacial score (nSPS) is 16.1. The van der Waals surface area contributed by atoms with Gasteiger partial charge in [-0.25, -0.2) is 0 Å². The van der Waals surface area contributed by atoms with Gasteiger partial charge in [0.2, 0.25) is 0 Å². The van der Waals surface area contributed by atoms with Crippen LogP contribution in [0.15, 0.2) is 35.9 Å². The predicted molar refractivity (Wildman–Crippen MR) is 55.3 cm³/mol. The van der Waals surface area contributed by atoms with Crippen LogP contribution in [0.2, 0.25) is 0 Å². The van der Waals surface area contributed by atoms with Crippen LogP contribution in [0.3, 0.4) is 0 Å². The Morgan fingerprint density at radius 3 is 2.38 bits per heavy atom. The molecule has 0 saturated carbocycles. The zero-order valence-corrected chi connectivity index (χ0v) is 7.80. The number of hydrogen-bond donors (Lipinski definition) is 1. The number of nitrogens with one attached hydrogen (secondary N) is 1. The van der Waals surface area contributed by atoms with Gasteiger partial charge in [-0.3, -0.25) is 0 Å². The molecule has 1 nitrogen and oxygen atoms in total. The minimum Gasteiger partial charge on any atom is -0.305 e. The van der Waals surface area contributed by atoms with Crippen LogP contribution in [0.1, 0.15) is 18.1 Å². The Bertz CT molecular complexity index is 374. The second-order valence-electron chi connectivity index (χ2n) is 3.64. The molecule has 1 aromatic carbocycles. The molecule has 0 saturated heterocycles. The van der Waals surface area contributed by atoms with Gasteiger partial charge in [0.1, 0.15) is 0 Å². The summed E-state index contributed by atoms with van der Waals surface area (Å²) in [6, 6.07) is 8.40. The Morgan fingerprint density at radius 1 is 1.08 bits per heavy atom. The topological polar surface area (TPSA) is 23.9 Å². The third-order valence-corrected chi connectivity index (χ3v) is 2.39. The van der Waals surface area contributed by atoms with Gasteiger partial charge in [0.15, 0.2) is 0 Å². The summed E-state index contributed by atoms with van der Waals surface area (Å²) < 4.78 is 0. The number of benzene rings is 1. The van der Waals surface area contributed by atoms with E-state index in [1.54, 1.807) is 0 Å². The first kappa shape index (κ1) is 8.24. The smallest absolute Gasteiger partial charge is 0.0357 e. The van der Waals surface area contributed by atoms with Crippen molar-refractivity contribution in [3.63, 3.8) is 0 Å². The Labute approximate surface area is 78.6 Å². The van der Waals surface area contributed by atoms with Crippen molar-refractivity contribution in [1.82, 2.24) is 0 Å². The number of hydrogen-bond acceptors (Lipinski definition) is 1. The van der Waals surface area contributed by atoms with Crippen molar-refractivity contribution in [1.29, 1.82) is 5.41 Å². The van der Waals surface area contributed by atoms with Crippen LogP contribution in [-0.4, -0.2) is 5.71 Å². The molecule has 1 heteroatoms. The Balaban J connectivity index is 2.46. The van der Waals surface area contributed by atoms with Gasteiger partial charge in [-0.15, -0.1) is 0 Å². The molecule has 66 valence electrons. The molecule has 0 aromatic heterocycles. The Kier molecular flexibility index (Phi) is 2.01. The van der Waals surface area contributed by atoms with Crippen LogP contribution >= 0.6 is 0 Å². The standard InChI is InChI=1S/C12H13N/c1-9-6-10-4-2-3-5-11(10)8-12(13)7-9/h2-5,7,13H,6,8H2,1H3. The van der Waals surface area contributed by atoms with E-state index in [9.17, 15) is 0 Å². The van der Waals surface area contributed by atoms with Gasteiger partial charge >= 0.3 is 0 Å². The molecule has 2 rings (SSSR count). The lowest BCUT2D eigenvalue weighted by Gasteiger charge is -2.04. The Morgan fingerprint density at radius 2 is 1.69 bits per heavy atom. The highest BCUT2D eigenvalue weighted by atomic mass is 14.4. The summed E-state index contributed by atoms with van der Waals surface area (Å²) in [7, 11) is 0. The van der Waals surface area contributed by atoms with E-state index in [-0.39, 0.29) is 0 Å². The summed E-state index contributed by atoms with van der Waals surface area (Å²) >= 11 is 0. The number of allylic oxidation sites excluding steroid dienone is 2.